The van der Waals surface area contributed by atoms with E-state index in [1.165, 1.54) is 0 Å². The number of rotatable bonds is 3. The summed E-state index contributed by atoms with van der Waals surface area (Å²) < 4.78 is 0. The van der Waals surface area contributed by atoms with Gasteiger partial charge in [0.1, 0.15) is 0 Å². The Morgan fingerprint density at radius 3 is 2.17 bits per heavy atom. The second-order valence-corrected chi connectivity index (χ2v) is 3.26. The maximum Gasteiger partial charge on any atom is 0.272 e. The van der Waals surface area contributed by atoms with Crippen molar-refractivity contribution in [1.29, 1.82) is 0 Å². The summed E-state index contributed by atoms with van der Waals surface area (Å²) in [4.78, 5) is 10.9. The first kappa shape index (κ1) is 11.4. The maximum atomic E-state index is 10.9. The number of hydrogen-bond acceptors (Lipinski definition) is 3. The van der Waals surface area contributed by atoms with E-state index in [2.05, 4.69) is 0 Å². The van der Waals surface area contributed by atoms with Crippen LogP contribution in [0.15, 0.2) is 0 Å². The van der Waals surface area contributed by atoms with Crippen LogP contribution in [0.25, 0.3) is 0 Å². The fourth-order valence-corrected chi connectivity index (χ4v) is 0.668. The van der Waals surface area contributed by atoms with E-state index in [4.69, 9.17) is 10.2 Å². The summed E-state index contributed by atoms with van der Waals surface area (Å²) in [7, 11) is 0. The van der Waals surface area contributed by atoms with Gasteiger partial charge in [0.15, 0.2) is 0 Å². The molecule has 0 aliphatic rings. The fraction of sp³-hybridized carbons (Fsp3) is 0.857. The quantitative estimate of drug-likeness (QED) is 0.464. The van der Waals surface area contributed by atoms with Gasteiger partial charge in [0.25, 0.3) is 11.8 Å². The smallest absolute Gasteiger partial charge is 0.272 e. The van der Waals surface area contributed by atoms with Crippen molar-refractivity contribution < 1.29 is 20.2 Å². The van der Waals surface area contributed by atoms with Crippen molar-refractivity contribution in [3.63, 3.8) is 0 Å². The molecule has 0 heterocycles. The molecule has 0 bridgehead atoms. The lowest BCUT2D eigenvalue weighted by Crippen LogP contribution is -2.46. The molecule has 0 saturated carbocycles. The Bertz CT molecular complexity index is 161. The van der Waals surface area contributed by atoms with Crippen LogP contribution in [-0.4, -0.2) is 27.1 Å². The van der Waals surface area contributed by atoms with E-state index in [9.17, 15) is 10.0 Å². The summed E-state index contributed by atoms with van der Waals surface area (Å²) in [5, 5.41) is 27.9. The zero-order chi connectivity index (χ0) is 9.94. The van der Waals surface area contributed by atoms with E-state index in [0.29, 0.717) is 0 Å². The molecule has 1 amide bonds. The SMILES string of the molecule is CC(C)CC(=O)N([O])C(C)(O)O. The van der Waals surface area contributed by atoms with Crippen LogP contribution in [0, 0.1) is 5.92 Å². The Morgan fingerprint density at radius 2 is 1.92 bits per heavy atom. The first-order valence-corrected chi connectivity index (χ1v) is 3.70. The summed E-state index contributed by atoms with van der Waals surface area (Å²) in [6.07, 6.45) is 0.0141. The van der Waals surface area contributed by atoms with E-state index in [-0.39, 0.29) is 17.4 Å². The van der Waals surface area contributed by atoms with Crippen molar-refractivity contribution in [2.75, 3.05) is 0 Å². The van der Waals surface area contributed by atoms with E-state index < -0.39 is 11.8 Å². The molecular weight excluding hydrogens is 162 g/mol. The predicted octanol–water partition coefficient (Wildman–Crippen LogP) is -0.135. The normalized spacial score (nSPS) is 11.9. The predicted molar refractivity (Wildman–Crippen MR) is 39.8 cm³/mol. The lowest BCUT2D eigenvalue weighted by atomic mass is 10.1. The average molecular weight is 176 g/mol. The molecule has 12 heavy (non-hydrogen) atoms. The highest BCUT2D eigenvalue weighted by atomic mass is 16.6. The van der Waals surface area contributed by atoms with Crippen LogP contribution in [-0.2, 0) is 10.0 Å². The summed E-state index contributed by atoms with van der Waals surface area (Å²) in [6.45, 7) is 4.37. The Morgan fingerprint density at radius 1 is 1.50 bits per heavy atom. The molecule has 0 atom stereocenters. The Labute approximate surface area is 71.2 Å². The summed E-state index contributed by atoms with van der Waals surface area (Å²) in [6, 6.07) is 0. The van der Waals surface area contributed by atoms with Crippen LogP contribution < -0.4 is 0 Å². The molecule has 0 spiro atoms. The first-order valence-electron chi connectivity index (χ1n) is 3.70. The van der Waals surface area contributed by atoms with E-state index in [1.54, 1.807) is 13.8 Å². The van der Waals surface area contributed by atoms with Gasteiger partial charge in [0.05, 0.1) is 0 Å². The Hall–Kier alpha value is -0.650. The minimum atomic E-state index is -2.61. The van der Waals surface area contributed by atoms with Crippen LogP contribution >= 0.6 is 0 Å². The summed E-state index contributed by atoms with van der Waals surface area (Å²) in [5.74, 6) is -3.40. The van der Waals surface area contributed by atoms with E-state index in [0.717, 1.165) is 6.92 Å². The average Bonchev–Trinajstić information content (AvgIpc) is 1.82. The summed E-state index contributed by atoms with van der Waals surface area (Å²) in [5.41, 5.74) is 0. The molecule has 0 fully saturated rings. The molecule has 0 aromatic heterocycles. The highest BCUT2D eigenvalue weighted by Crippen LogP contribution is 2.09. The van der Waals surface area contributed by atoms with Gasteiger partial charge in [-0.25, -0.2) is 0 Å². The second kappa shape index (κ2) is 3.84. The number of hydrogen-bond donors (Lipinski definition) is 2. The third kappa shape index (κ3) is 3.66. The maximum absolute atomic E-state index is 10.9. The van der Waals surface area contributed by atoms with Crippen molar-refractivity contribution >= 4 is 5.91 Å². The molecule has 0 aliphatic heterocycles. The van der Waals surface area contributed by atoms with Crippen molar-refractivity contribution in [3.8, 4) is 0 Å². The lowest BCUT2D eigenvalue weighted by Gasteiger charge is -2.23. The molecule has 2 N–H and O–H groups in total. The number of carbonyl (C=O) groups is 1. The van der Waals surface area contributed by atoms with Crippen molar-refractivity contribution in [1.82, 2.24) is 5.06 Å². The fourth-order valence-electron chi connectivity index (χ4n) is 0.668. The molecule has 71 valence electrons. The van der Waals surface area contributed by atoms with E-state index in [1.807, 2.05) is 0 Å². The Kier molecular flexibility index (Phi) is 3.63. The van der Waals surface area contributed by atoms with Crippen LogP contribution in [0.3, 0.4) is 0 Å². The van der Waals surface area contributed by atoms with Crippen LogP contribution in [0.4, 0.5) is 0 Å². The molecule has 0 aromatic carbocycles. The second-order valence-electron chi connectivity index (χ2n) is 3.26. The number of aliphatic hydroxyl groups is 2. The number of nitrogens with zero attached hydrogens (tertiary/aromatic N) is 1. The van der Waals surface area contributed by atoms with E-state index >= 15 is 0 Å². The van der Waals surface area contributed by atoms with Gasteiger partial charge in [0, 0.05) is 13.3 Å². The molecule has 0 saturated heterocycles. The Balaban J connectivity index is 4.12. The topological polar surface area (TPSA) is 80.7 Å². The molecule has 1 radical (unpaired) electrons. The van der Waals surface area contributed by atoms with Gasteiger partial charge in [-0.3, -0.25) is 4.79 Å². The van der Waals surface area contributed by atoms with Gasteiger partial charge < -0.3 is 10.2 Å². The van der Waals surface area contributed by atoms with Gasteiger partial charge in [-0.2, -0.15) is 0 Å². The molecule has 0 aromatic rings. The molecule has 5 heteroatoms. The number of carbonyl (C=O) groups excluding carboxylic acids is 1. The van der Waals surface area contributed by atoms with Crippen molar-refractivity contribution in [2.24, 2.45) is 5.92 Å². The van der Waals surface area contributed by atoms with Crippen molar-refractivity contribution in [3.05, 3.63) is 0 Å². The van der Waals surface area contributed by atoms with Gasteiger partial charge in [-0.05, 0) is 5.92 Å². The third-order valence-electron chi connectivity index (χ3n) is 1.19. The standard InChI is InChI=1S/C7H14NO4/c1-5(2)4-6(9)8(12)7(3,10)11/h5,10-11H,4H2,1-3H3. The minimum absolute atomic E-state index is 0.0141. The van der Waals surface area contributed by atoms with Crippen LogP contribution in [0.1, 0.15) is 27.2 Å². The largest absolute Gasteiger partial charge is 0.347 e. The van der Waals surface area contributed by atoms with Gasteiger partial charge >= 0.3 is 0 Å². The lowest BCUT2D eigenvalue weighted by molar-refractivity contribution is -0.356. The van der Waals surface area contributed by atoms with Crippen LogP contribution in [0.5, 0.6) is 0 Å². The number of hydroxylamine groups is 2. The molecule has 0 unspecified atom stereocenters. The third-order valence-corrected chi connectivity index (χ3v) is 1.19. The first-order chi connectivity index (χ1) is 5.25. The molecule has 0 rings (SSSR count). The monoisotopic (exact) mass is 176 g/mol. The minimum Gasteiger partial charge on any atom is -0.347 e. The molecule has 5 nitrogen and oxygen atoms in total. The highest BCUT2D eigenvalue weighted by molar-refractivity contribution is 5.75. The number of amides is 1. The van der Waals surface area contributed by atoms with Gasteiger partial charge in [0.2, 0.25) is 0 Å². The molecule has 0 aliphatic carbocycles. The van der Waals surface area contributed by atoms with Gasteiger partial charge in [-0.1, -0.05) is 19.1 Å². The zero-order valence-electron chi connectivity index (χ0n) is 7.44. The zero-order valence-corrected chi connectivity index (χ0v) is 7.44. The van der Waals surface area contributed by atoms with Gasteiger partial charge in [-0.15, -0.1) is 5.06 Å². The summed E-state index contributed by atoms with van der Waals surface area (Å²) >= 11 is 0. The van der Waals surface area contributed by atoms with Crippen molar-refractivity contribution in [2.45, 2.75) is 33.1 Å². The van der Waals surface area contributed by atoms with Crippen LogP contribution in [0.2, 0.25) is 0 Å². The highest BCUT2D eigenvalue weighted by Gasteiger charge is 2.31. The molecular formula is C7H14NO4.